The molecular formula is C22H26N2O2. The smallest absolute Gasteiger partial charge is 0.314 e. The predicted octanol–water partition coefficient (Wildman–Crippen LogP) is 3.16. The summed E-state index contributed by atoms with van der Waals surface area (Å²) in [4.78, 5) is 12.1. The van der Waals surface area contributed by atoms with Crippen molar-refractivity contribution in [2.75, 3.05) is 6.54 Å². The largest absolute Gasteiger partial charge is 0.426 e. The van der Waals surface area contributed by atoms with Crippen LogP contribution in [0.15, 0.2) is 46.8 Å². The number of nitrogens with one attached hydrogen (secondary N) is 2. The van der Waals surface area contributed by atoms with Crippen LogP contribution in [0.4, 0.5) is 0 Å². The van der Waals surface area contributed by atoms with Crippen molar-refractivity contribution in [1.29, 1.82) is 0 Å². The molecule has 6 rings (SSSR count). The Balaban J connectivity index is 1.26. The van der Waals surface area contributed by atoms with Gasteiger partial charge < -0.3 is 4.74 Å². The molecular weight excluding hydrogens is 324 g/mol. The average Bonchev–Trinajstić information content (AvgIpc) is 3.29. The summed E-state index contributed by atoms with van der Waals surface area (Å²) in [5.74, 6) is 3.74. The van der Waals surface area contributed by atoms with Crippen LogP contribution in [0, 0.1) is 29.6 Å². The van der Waals surface area contributed by atoms with Crippen molar-refractivity contribution in [3.8, 4) is 0 Å². The lowest BCUT2D eigenvalue weighted by atomic mass is 9.59. The van der Waals surface area contributed by atoms with Crippen LogP contribution in [0.25, 0.3) is 0 Å². The monoisotopic (exact) mass is 350 g/mol. The minimum atomic E-state index is -0.0372. The van der Waals surface area contributed by atoms with Crippen LogP contribution < -0.4 is 10.9 Å². The van der Waals surface area contributed by atoms with Gasteiger partial charge in [-0.2, -0.15) is 0 Å². The normalized spacial score (nSPS) is 40.2. The third-order valence-corrected chi connectivity index (χ3v) is 7.49. The molecule has 1 heterocycles. The van der Waals surface area contributed by atoms with Gasteiger partial charge in [0.15, 0.2) is 0 Å². The van der Waals surface area contributed by atoms with E-state index in [4.69, 9.17) is 4.74 Å². The molecule has 26 heavy (non-hydrogen) atoms. The molecule has 136 valence electrons. The topological polar surface area (TPSA) is 50.4 Å². The summed E-state index contributed by atoms with van der Waals surface area (Å²) in [6, 6.07) is 0.670. The van der Waals surface area contributed by atoms with Gasteiger partial charge in [0.2, 0.25) is 0 Å². The van der Waals surface area contributed by atoms with Crippen molar-refractivity contribution < 1.29 is 9.53 Å². The van der Waals surface area contributed by atoms with Crippen molar-refractivity contribution in [3.63, 3.8) is 0 Å². The summed E-state index contributed by atoms with van der Waals surface area (Å²) < 4.78 is 5.70. The Morgan fingerprint density at radius 2 is 1.92 bits per heavy atom. The lowest BCUT2D eigenvalue weighted by molar-refractivity contribution is -0.140. The van der Waals surface area contributed by atoms with E-state index in [1.807, 2.05) is 6.08 Å². The van der Waals surface area contributed by atoms with E-state index < -0.39 is 0 Å². The molecule has 1 saturated heterocycles. The molecule has 0 amide bonds. The summed E-state index contributed by atoms with van der Waals surface area (Å²) in [5.41, 5.74) is 11.1. The second kappa shape index (κ2) is 5.67. The van der Waals surface area contributed by atoms with E-state index in [1.165, 1.54) is 31.3 Å². The molecule has 5 atom stereocenters. The fraction of sp³-hybridized carbons (Fsp3) is 0.591. The maximum atomic E-state index is 12.1. The molecule has 0 aromatic heterocycles. The van der Waals surface area contributed by atoms with Crippen molar-refractivity contribution in [3.05, 3.63) is 46.8 Å². The van der Waals surface area contributed by atoms with E-state index in [0.29, 0.717) is 12.0 Å². The van der Waals surface area contributed by atoms with Crippen molar-refractivity contribution in [2.24, 2.45) is 29.6 Å². The highest BCUT2D eigenvalue weighted by molar-refractivity contribution is 5.77. The SMILES string of the molecule is O=C(OC1=CC=C2C1=CC=C1C2CCC2CC3NNCC3CC12)C1CC1. The first-order valence-corrected chi connectivity index (χ1v) is 10.3. The van der Waals surface area contributed by atoms with Gasteiger partial charge in [-0.3, -0.25) is 15.6 Å². The first-order valence-electron chi connectivity index (χ1n) is 10.3. The van der Waals surface area contributed by atoms with Crippen LogP contribution in [0.2, 0.25) is 0 Å². The van der Waals surface area contributed by atoms with Gasteiger partial charge in [-0.05, 0) is 67.9 Å². The molecule has 6 aliphatic rings. The van der Waals surface area contributed by atoms with Gasteiger partial charge in [0, 0.05) is 24.1 Å². The molecule has 0 bridgehead atoms. The summed E-state index contributed by atoms with van der Waals surface area (Å²) in [6.07, 6.45) is 16.0. The van der Waals surface area contributed by atoms with E-state index in [1.54, 1.807) is 5.57 Å². The van der Waals surface area contributed by atoms with Gasteiger partial charge in [-0.1, -0.05) is 23.8 Å². The highest BCUT2D eigenvalue weighted by Gasteiger charge is 2.46. The molecule has 5 unspecified atom stereocenters. The Bertz CT molecular complexity index is 786. The first-order chi connectivity index (χ1) is 12.8. The highest BCUT2D eigenvalue weighted by Crippen LogP contribution is 2.53. The van der Waals surface area contributed by atoms with Gasteiger partial charge in [0.25, 0.3) is 0 Å². The molecule has 4 nitrogen and oxygen atoms in total. The number of rotatable bonds is 2. The zero-order valence-corrected chi connectivity index (χ0v) is 15.0. The van der Waals surface area contributed by atoms with Crippen molar-refractivity contribution >= 4 is 5.97 Å². The van der Waals surface area contributed by atoms with E-state index in [2.05, 4.69) is 29.1 Å². The molecule has 0 radical (unpaired) electrons. The predicted molar refractivity (Wildman–Crippen MR) is 98.5 cm³/mol. The summed E-state index contributed by atoms with van der Waals surface area (Å²) in [6.45, 7) is 1.11. The fourth-order valence-electron chi connectivity index (χ4n) is 5.95. The first kappa shape index (κ1) is 15.4. The van der Waals surface area contributed by atoms with Gasteiger partial charge in [0.1, 0.15) is 5.76 Å². The molecule has 1 aliphatic heterocycles. The molecule has 2 N–H and O–H groups in total. The fourth-order valence-corrected chi connectivity index (χ4v) is 5.95. The maximum absolute atomic E-state index is 12.1. The van der Waals surface area contributed by atoms with Gasteiger partial charge in [0.05, 0.1) is 5.92 Å². The number of esters is 1. The Labute approximate surface area is 154 Å². The number of hydrazine groups is 1. The minimum absolute atomic E-state index is 0.0372. The number of fused-ring (bicyclic) bond motifs is 6. The standard InChI is InChI=1S/C22H26N2O2/c25-22(12-1-2-12)26-21-8-7-16-15-4-3-13-10-20-14(11-23-24-20)9-19(13)17(15)5-6-18(16)21/h5-8,12-15,19-20,23-24H,1-4,9-11H2. The molecule has 4 fully saturated rings. The van der Waals surface area contributed by atoms with Gasteiger partial charge >= 0.3 is 5.97 Å². The summed E-state index contributed by atoms with van der Waals surface area (Å²) in [7, 11) is 0. The van der Waals surface area contributed by atoms with Crippen LogP contribution in [-0.4, -0.2) is 18.6 Å². The Morgan fingerprint density at radius 3 is 2.81 bits per heavy atom. The lowest BCUT2D eigenvalue weighted by Gasteiger charge is -2.46. The number of allylic oxidation sites excluding steroid dienone is 6. The van der Waals surface area contributed by atoms with Gasteiger partial charge in [-0.25, -0.2) is 0 Å². The quantitative estimate of drug-likeness (QED) is 0.751. The number of hydrogen-bond donors (Lipinski definition) is 2. The molecule has 5 aliphatic carbocycles. The average molecular weight is 350 g/mol. The lowest BCUT2D eigenvalue weighted by Crippen LogP contribution is -2.43. The van der Waals surface area contributed by atoms with Crippen LogP contribution in [0.1, 0.15) is 38.5 Å². The number of ether oxygens (including phenoxy) is 1. The number of hydrogen-bond acceptors (Lipinski definition) is 4. The maximum Gasteiger partial charge on any atom is 0.314 e. The summed E-state index contributed by atoms with van der Waals surface area (Å²) in [5, 5.41) is 0. The number of carbonyl (C=O) groups is 1. The zero-order valence-electron chi connectivity index (χ0n) is 15.0. The van der Waals surface area contributed by atoms with E-state index in [9.17, 15) is 4.79 Å². The molecule has 0 aromatic carbocycles. The van der Waals surface area contributed by atoms with Crippen LogP contribution in [0.3, 0.4) is 0 Å². The second-order valence-electron chi connectivity index (χ2n) is 8.96. The Kier molecular flexibility index (Phi) is 3.36. The molecule has 4 heteroatoms. The van der Waals surface area contributed by atoms with Crippen LogP contribution in [0.5, 0.6) is 0 Å². The second-order valence-corrected chi connectivity index (χ2v) is 8.96. The third kappa shape index (κ3) is 2.31. The van der Waals surface area contributed by atoms with Crippen LogP contribution in [-0.2, 0) is 9.53 Å². The van der Waals surface area contributed by atoms with E-state index >= 15 is 0 Å². The molecule has 3 saturated carbocycles. The molecule has 0 spiro atoms. The number of carbonyl (C=O) groups excluding carboxylic acids is 1. The Hall–Kier alpha value is -1.65. The van der Waals surface area contributed by atoms with Gasteiger partial charge in [-0.15, -0.1) is 0 Å². The summed E-state index contributed by atoms with van der Waals surface area (Å²) >= 11 is 0. The Morgan fingerprint density at radius 1 is 1.00 bits per heavy atom. The third-order valence-electron chi connectivity index (χ3n) is 7.49. The van der Waals surface area contributed by atoms with E-state index in [-0.39, 0.29) is 11.9 Å². The van der Waals surface area contributed by atoms with Crippen LogP contribution >= 0.6 is 0 Å². The highest BCUT2D eigenvalue weighted by atomic mass is 16.5. The minimum Gasteiger partial charge on any atom is -0.426 e. The van der Waals surface area contributed by atoms with E-state index in [0.717, 1.165) is 48.5 Å². The zero-order chi connectivity index (χ0) is 17.3. The molecule has 0 aromatic rings. The van der Waals surface area contributed by atoms with Crippen molar-refractivity contribution in [1.82, 2.24) is 10.9 Å². The van der Waals surface area contributed by atoms with Crippen molar-refractivity contribution in [2.45, 2.75) is 44.6 Å².